The molecule has 1 heterocycles. The van der Waals surface area contributed by atoms with Crippen LogP contribution in [0.15, 0.2) is 30.5 Å². The van der Waals surface area contributed by atoms with Crippen molar-refractivity contribution >= 4 is 22.4 Å². The molecule has 2 rings (SSSR count). The van der Waals surface area contributed by atoms with Crippen molar-refractivity contribution in [2.24, 2.45) is 0 Å². The Morgan fingerprint density at radius 3 is 2.79 bits per heavy atom. The molecule has 0 saturated heterocycles. The lowest BCUT2D eigenvalue weighted by Gasteiger charge is -2.00. The summed E-state index contributed by atoms with van der Waals surface area (Å²) in [7, 11) is 0. The van der Waals surface area contributed by atoms with E-state index in [0.717, 1.165) is 10.8 Å². The molecule has 1 aromatic heterocycles. The zero-order valence-corrected chi connectivity index (χ0v) is 7.82. The van der Waals surface area contributed by atoms with Gasteiger partial charge in [0.05, 0.1) is 0 Å². The molecule has 0 saturated carbocycles. The van der Waals surface area contributed by atoms with Crippen LogP contribution in [0.2, 0.25) is 0 Å². The fourth-order valence-electron chi connectivity index (χ4n) is 1.38. The first kappa shape index (κ1) is 8.69. The van der Waals surface area contributed by atoms with Crippen LogP contribution in [0.4, 0.5) is 5.82 Å². The molecular weight excluding hydrogens is 176 g/mol. The Balaban J connectivity index is 2.67. The second-order valence-electron chi connectivity index (χ2n) is 3.23. The summed E-state index contributed by atoms with van der Waals surface area (Å²) in [4.78, 5) is 15.1. The monoisotopic (exact) mass is 186 g/mol. The summed E-state index contributed by atoms with van der Waals surface area (Å²) in [5.74, 6) is 0.553. The molecule has 0 aliphatic rings. The summed E-state index contributed by atoms with van der Waals surface area (Å²) in [6, 6.07) is 7.29. The fraction of sp³-hybridized carbons (Fsp3) is 0.0909. The number of pyridine rings is 1. The molecule has 3 heteroatoms. The van der Waals surface area contributed by atoms with Crippen LogP contribution in [0.5, 0.6) is 0 Å². The van der Waals surface area contributed by atoms with Gasteiger partial charge in [-0.3, -0.25) is 4.79 Å². The largest absolute Gasteiger partial charge is 0.384 e. The number of ketones is 1. The maximum atomic E-state index is 11.1. The first-order valence-electron chi connectivity index (χ1n) is 4.33. The van der Waals surface area contributed by atoms with Gasteiger partial charge in [0.15, 0.2) is 5.78 Å². The van der Waals surface area contributed by atoms with E-state index in [0.29, 0.717) is 11.4 Å². The normalized spacial score (nSPS) is 10.4. The Kier molecular flexibility index (Phi) is 1.93. The van der Waals surface area contributed by atoms with Crippen LogP contribution in [-0.2, 0) is 0 Å². The summed E-state index contributed by atoms with van der Waals surface area (Å²) in [5.41, 5.74) is 6.24. The van der Waals surface area contributed by atoms with Crippen LogP contribution in [0.1, 0.15) is 17.3 Å². The van der Waals surface area contributed by atoms with E-state index in [1.165, 1.54) is 0 Å². The molecule has 0 spiro atoms. The number of nitrogens with two attached hydrogens (primary N) is 1. The number of carbonyl (C=O) groups is 1. The van der Waals surface area contributed by atoms with E-state index in [9.17, 15) is 4.79 Å². The van der Waals surface area contributed by atoms with Gasteiger partial charge in [-0.15, -0.1) is 0 Å². The minimum atomic E-state index is 0.0590. The molecule has 0 aliphatic carbocycles. The Morgan fingerprint density at radius 2 is 2.07 bits per heavy atom. The highest BCUT2D eigenvalue weighted by molar-refractivity contribution is 5.98. The molecule has 0 aliphatic heterocycles. The molecule has 14 heavy (non-hydrogen) atoms. The maximum absolute atomic E-state index is 11.1. The summed E-state index contributed by atoms with van der Waals surface area (Å²) in [6.45, 7) is 1.55. The second-order valence-corrected chi connectivity index (χ2v) is 3.23. The average Bonchev–Trinajstić information content (AvgIpc) is 2.16. The van der Waals surface area contributed by atoms with Crippen molar-refractivity contribution in [3.63, 3.8) is 0 Å². The van der Waals surface area contributed by atoms with Crippen LogP contribution < -0.4 is 5.73 Å². The van der Waals surface area contributed by atoms with Crippen molar-refractivity contribution in [1.29, 1.82) is 0 Å². The van der Waals surface area contributed by atoms with Crippen LogP contribution in [0.25, 0.3) is 10.8 Å². The molecule has 2 aromatic rings. The third kappa shape index (κ3) is 1.44. The highest BCUT2D eigenvalue weighted by atomic mass is 16.1. The first-order chi connectivity index (χ1) is 6.66. The summed E-state index contributed by atoms with van der Waals surface area (Å²) >= 11 is 0. The maximum Gasteiger partial charge on any atom is 0.159 e. The van der Waals surface area contributed by atoms with Gasteiger partial charge in [-0.25, -0.2) is 4.98 Å². The van der Waals surface area contributed by atoms with Gasteiger partial charge in [0, 0.05) is 17.1 Å². The highest BCUT2D eigenvalue weighted by Gasteiger charge is 2.01. The van der Waals surface area contributed by atoms with Gasteiger partial charge < -0.3 is 5.73 Å². The SMILES string of the molecule is CC(=O)c1ccc2cc(N)ncc2c1. The predicted molar refractivity (Wildman–Crippen MR) is 56.2 cm³/mol. The number of hydrogen-bond donors (Lipinski definition) is 1. The Hall–Kier alpha value is -1.90. The number of nitrogen functional groups attached to an aromatic ring is 1. The lowest BCUT2D eigenvalue weighted by molar-refractivity contribution is 0.101. The topological polar surface area (TPSA) is 56.0 Å². The van der Waals surface area contributed by atoms with Gasteiger partial charge in [0.25, 0.3) is 0 Å². The van der Waals surface area contributed by atoms with E-state index in [2.05, 4.69) is 4.98 Å². The van der Waals surface area contributed by atoms with Crippen molar-refractivity contribution in [2.45, 2.75) is 6.92 Å². The smallest absolute Gasteiger partial charge is 0.159 e. The van der Waals surface area contributed by atoms with Crippen LogP contribution in [-0.4, -0.2) is 10.8 Å². The number of aromatic nitrogens is 1. The Morgan fingerprint density at radius 1 is 1.29 bits per heavy atom. The van der Waals surface area contributed by atoms with Crippen molar-refractivity contribution in [1.82, 2.24) is 4.98 Å². The van der Waals surface area contributed by atoms with Crippen molar-refractivity contribution < 1.29 is 4.79 Å². The lowest BCUT2D eigenvalue weighted by Crippen LogP contribution is -1.93. The Bertz CT molecular complexity index is 506. The lowest BCUT2D eigenvalue weighted by atomic mass is 10.1. The molecule has 2 N–H and O–H groups in total. The number of fused-ring (bicyclic) bond motifs is 1. The molecule has 0 amide bonds. The number of anilines is 1. The van der Waals surface area contributed by atoms with Gasteiger partial charge in [0.1, 0.15) is 5.82 Å². The summed E-state index contributed by atoms with van der Waals surface area (Å²) in [6.07, 6.45) is 1.68. The highest BCUT2D eigenvalue weighted by Crippen LogP contribution is 2.17. The molecular formula is C11H10N2O. The summed E-state index contributed by atoms with van der Waals surface area (Å²) in [5, 5.41) is 1.94. The Labute approximate surface area is 81.6 Å². The number of nitrogens with zero attached hydrogens (tertiary/aromatic N) is 1. The van der Waals surface area contributed by atoms with E-state index in [-0.39, 0.29) is 5.78 Å². The molecule has 0 fully saturated rings. The van der Waals surface area contributed by atoms with E-state index in [4.69, 9.17) is 5.73 Å². The van der Waals surface area contributed by atoms with Gasteiger partial charge in [0.2, 0.25) is 0 Å². The van der Waals surface area contributed by atoms with Gasteiger partial charge in [-0.2, -0.15) is 0 Å². The van der Waals surface area contributed by atoms with Gasteiger partial charge >= 0.3 is 0 Å². The molecule has 0 atom stereocenters. The fourth-order valence-corrected chi connectivity index (χ4v) is 1.38. The van der Waals surface area contributed by atoms with Crippen molar-refractivity contribution in [3.05, 3.63) is 36.0 Å². The summed E-state index contributed by atoms with van der Waals surface area (Å²) < 4.78 is 0. The number of Topliss-reactive ketones (excluding diaryl/α,β-unsaturated/α-hetero) is 1. The molecule has 1 aromatic carbocycles. The number of carbonyl (C=O) groups excluding carboxylic acids is 1. The van der Waals surface area contributed by atoms with Crippen LogP contribution in [0, 0.1) is 0 Å². The van der Waals surface area contributed by atoms with Crippen molar-refractivity contribution in [3.8, 4) is 0 Å². The zero-order valence-electron chi connectivity index (χ0n) is 7.82. The zero-order chi connectivity index (χ0) is 10.1. The first-order valence-corrected chi connectivity index (χ1v) is 4.33. The van der Waals surface area contributed by atoms with E-state index < -0.39 is 0 Å². The standard InChI is InChI=1S/C11H10N2O/c1-7(14)8-2-3-9-5-11(12)13-6-10(9)4-8/h2-6H,1H3,(H2,12,13). The molecule has 0 radical (unpaired) electrons. The molecule has 3 nitrogen and oxygen atoms in total. The van der Waals surface area contributed by atoms with Crippen LogP contribution in [0.3, 0.4) is 0 Å². The van der Waals surface area contributed by atoms with Gasteiger partial charge in [-0.05, 0) is 24.4 Å². The van der Waals surface area contributed by atoms with E-state index in [1.54, 1.807) is 25.3 Å². The molecule has 0 bridgehead atoms. The number of hydrogen-bond acceptors (Lipinski definition) is 3. The minimum absolute atomic E-state index is 0.0590. The quantitative estimate of drug-likeness (QED) is 0.693. The van der Waals surface area contributed by atoms with Gasteiger partial charge in [-0.1, -0.05) is 12.1 Å². The minimum Gasteiger partial charge on any atom is -0.384 e. The average molecular weight is 186 g/mol. The number of benzene rings is 1. The second kappa shape index (κ2) is 3.10. The van der Waals surface area contributed by atoms with E-state index >= 15 is 0 Å². The van der Waals surface area contributed by atoms with Crippen LogP contribution >= 0.6 is 0 Å². The molecule has 70 valence electrons. The predicted octanol–water partition coefficient (Wildman–Crippen LogP) is 2.02. The molecule has 0 unspecified atom stereocenters. The number of rotatable bonds is 1. The third-order valence-electron chi connectivity index (χ3n) is 2.15. The third-order valence-corrected chi connectivity index (χ3v) is 2.15. The van der Waals surface area contributed by atoms with Crippen molar-refractivity contribution in [2.75, 3.05) is 5.73 Å². The van der Waals surface area contributed by atoms with E-state index in [1.807, 2.05) is 12.1 Å².